The van der Waals surface area contributed by atoms with E-state index in [-0.39, 0.29) is 17.0 Å². The third-order valence-corrected chi connectivity index (χ3v) is 2.71. The van der Waals surface area contributed by atoms with Crippen LogP contribution in [0, 0.1) is 21.7 Å². The molecule has 22 heavy (non-hydrogen) atoms. The first-order chi connectivity index (χ1) is 10.4. The van der Waals surface area contributed by atoms with Crippen molar-refractivity contribution in [2.75, 3.05) is 7.11 Å². The number of carbonyl (C=O) groups excluding carboxylic acids is 1. The number of benzene rings is 2. The predicted octanol–water partition coefficient (Wildman–Crippen LogP) is 3.45. The quantitative estimate of drug-likeness (QED) is 0.491. The van der Waals surface area contributed by atoms with Crippen LogP contribution in [0.5, 0.6) is 11.5 Å². The summed E-state index contributed by atoms with van der Waals surface area (Å²) < 4.78 is 36.7. The standard InChI is InChI=1S/C14H9F2NO5/c1-21-14(18)9-7-8(17(19)20)5-6-12(9)22-13-10(15)3-2-4-11(13)16/h2-7H,1H3. The molecule has 0 radical (unpaired) electrons. The number of non-ortho nitro benzene ring substituents is 1. The van der Waals surface area contributed by atoms with Crippen LogP contribution in [0.3, 0.4) is 0 Å². The molecule has 0 amide bonds. The first-order valence-electron chi connectivity index (χ1n) is 5.92. The van der Waals surface area contributed by atoms with E-state index in [1.807, 2.05) is 0 Å². The molecule has 0 heterocycles. The number of nitrogens with zero attached hydrogens (tertiary/aromatic N) is 1. The number of hydrogen-bond acceptors (Lipinski definition) is 5. The SMILES string of the molecule is COC(=O)c1cc([N+](=O)[O-])ccc1Oc1c(F)cccc1F. The zero-order valence-electron chi connectivity index (χ0n) is 11.2. The van der Waals surface area contributed by atoms with Crippen molar-refractivity contribution in [3.05, 3.63) is 63.7 Å². The Kier molecular flexibility index (Phi) is 4.31. The predicted molar refractivity (Wildman–Crippen MR) is 70.9 cm³/mol. The molecule has 2 aromatic carbocycles. The lowest BCUT2D eigenvalue weighted by Gasteiger charge is -2.11. The first-order valence-corrected chi connectivity index (χ1v) is 5.92. The van der Waals surface area contributed by atoms with Crippen LogP contribution in [0.1, 0.15) is 10.4 Å². The number of rotatable bonds is 4. The molecule has 8 heteroatoms. The molecule has 0 aliphatic rings. The molecule has 2 rings (SSSR count). The van der Waals surface area contributed by atoms with E-state index in [0.717, 1.165) is 43.5 Å². The molecule has 0 atom stereocenters. The molecule has 6 nitrogen and oxygen atoms in total. The van der Waals surface area contributed by atoms with Gasteiger partial charge < -0.3 is 9.47 Å². The Hall–Kier alpha value is -3.03. The highest BCUT2D eigenvalue weighted by atomic mass is 19.1. The normalized spacial score (nSPS) is 10.1. The van der Waals surface area contributed by atoms with Crippen LogP contribution >= 0.6 is 0 Å². The molecular weight excluding hydrogens is 300 g/mol. The first kappa shape index (κ1) is 15.4. The fourth-order valence-electron chi connectivity index (χ4n) is 1.68. The lowest BCUT2D eigenvalue weighted by Crippen LogP contribution is -2.05. The Balaban J connectivity index is 2.50. The third kappa shape index (κ3) is 3.00. The molecule has 0 unspecified atom stereocenters. The van der Waals surface area contributed by atoms with E-state index < -0.39 is 28.3 Å². The molecular formula is C14H9F2NO5. The summed E-state index contributed by atoms with van der Waals surface area (Å²) >= 11 is 0. The second kappa shape index (κ2) is 6.17. The monoisotopic (exact) mass is 309 g/mol. The highest BCUT2D eigenvalue weighted by Gasteiger charge is 2.21. The Morgan fingerprint density at radius 1 is 1.18 bits per heavy atom. The third-order valence-electron chi connectivity index (χ3n) is 2.71. The number of carbonyl (C=O) groups is 1. The largest absolute Gasteiger partial charge is 0.465 e. The Morgan fingerprint density at radius 3 is 2.36 bits per heavy atom. The zero-order chi connectivity index (χ0) is 16.3. The molecule has 0 saturated carbocycles. The maximum Gasteiger partial charge on any atom is 0.341 e. The molecule has 0 aliphatic carbocycles. The summed E-state index contributed by atoms with van der Waals surface area (Å²) in [5, 5.41) is 10.7. The maximum atomic E-state index is 13.6. The fraction of sp³-hybridized carbons (Fsp3) is 0.0714. The van der Waals surface area contributed by atoms with Crippen molar-refractivity contribution in [1.29, 1.82) is 0 Å². The molecule has 0 fully saturated rings. The van der Waals surface area contributed by atoms with Gasteiger partial charge >= 0.3 is 5.97 Å². The number of esters is 1. The van der Waals surface area contributed by atoms with Gasteiger partial charge in [-0.15, -0.1) is 0 Å². The molecule has 114 valence electrons. The van der Waals surface area contributed by atoms with Crippen LogP contribution in [0.25, 0.3) is 0 Å². The van der Waals surface area contributed by atoms with Crippen molar-refractivity contribution >= 4 is 11.7 Å². The van der Waals surface area contributed by atoms with Crippen LogP contribution < -0.4 is 4.74 Å². The molecule has 0 spiro atoms. The van der Waals surface area contributed by atoms with Gasteiger partial charge in [-0.05, 0) is 18.2 Å². The van der Waals surface area contributed by atoms with Gasteiger partial charge in [0.15, 0.2) is 17.4 Å². The smallest absolute Gasteiger partial charge is 0.341 e. The Morgan fingerprint density at radius 2 is 1.82 bits per heavy atom. The van der Waals surface area contributed by atoms with E-state index in [2.05, 4.69) is 4.74 Å². The van der Waals surface area contributed by atoms with Gasteiger partial charge in [-0.1, -0.05) is 6.07 Å². The summed E-state index contributed by atoms with van der Waals surface area (Å²) in [6.07, 6.45) is 0. The van der Waals surface area contributed by atoms with Gasteiger partial charge in [0.2, 0.25) is 0 Å². The van der Waals surface area contributed by atoms with Crippen molar-refractivity contribution in [2.24, 2.45) is 0 Å². The van der Waals surface area contributed by atoms with Gasteiger partial charge in [-0.3, -0.25) is 10.1 Å². The van der Waals surface area contributed by atoms with E-state index in [1.54, 1.807) is 0 Å². The topological polar surface area (TPSA) is 78.7 Å². The highest BCUT2D eigenvalue weighted by molar-refractivity contribution is 5.93. The van der Waals surface area contributed by atoms with Crippen LogP contribution in [0.4, 0.5) is 14.5 Å². The second-order valence-corrected chi connectivity index (χ2v) is 4.08. The van der Waals surface area contributed by atoms with Gasteiger partial charge in [0, 0.05) is 12.1 Å². The number of para-hydroxylation sites is 1. The number of halogens is 2. The van der Waals surface area contributed by atoms with Crippen molar-refractivity contribution in [3.8, 4) is 11.5 Å². The van der Waals surface area contributed by atoms with Gasteiger partial charge in [-0.25, -0.2) is 13.6 Å². The van der Waals surface area contributed by atoms with Crippen molar-refractivity contribution in [3.63, 3.8) is 0 Å². The summed E-state index contributed by atoms with van der Waals surface area (Å²) in [6.45, 7) is 0. The summed E-state index contributed by atoms with van der Waals surface area (Å²) in [5.41, 5.74) is -0.707. The van der Waals surface area contributed by atoms with E-state index in [1.165, 1.54) is 0 Å². The average molecular weight is 309 g/mol. The highest BCUT2D eigenvalue weighted by Crippen LogP contribution is 2.32. The molecule has 0 aromatic heterocycles. The lowest BCUT2D eigenvalue weighted by atomic mass is 10.1. The number of nitro groups is 1. The number of methoxy groups -OCH3 is 1. The van der Waals surface area contributed by atoms with Crippen molar-refractivity contribution in [2.45, 2.75) is 0 Å². The summed E-state index contributed by atoms with van der Waals surface area (Å²) in [7, 11) is 1.06. The van der Waals surface area contributed by atoms with Crippen LogP contribution in [-0.2, 0) is 4.74 Å². The number of nitro benzene ring substituents is 1. The van der Waals surface area contributed by atoms with E-state index in [9.17, 15) is 23.7 Å². The van der Waals surface area contributed by atoms with E-state index in [4.69, 9.17) is 4.74 Å². The average Bonchev–Trinajstić information content (AvgIpc) is 2.50. The van der Waals surface area contributed by atoms with Gasteiger partial charge in [0.05, 0.1) is 12.0 Å². The zero-order valence-corrected chi connectivity index (χ0v) is 11.2. The Labute approximate surface area is 123 Å². The fourth-order valence-corrected chi connectivity index (χ4v) is 1.68. The summed E-state index contributed by atoms with van der Waals surface area (Å²) in [4.78, 5) is 21.7. The number of hydrogen-bond donors (Lipinski definition) is 0. The van der Waals surface area contributed by atoms with Crippen molar-refractivity contribution < 1.29 is 28.0 Å². The minimum atomic E-state index is -0.978. The summed E-state index contributed by atoms with van der Waals surface area (Å²) in [6, 6.07) is 6.11. The van der Waals surface area contributed by atoms with Crippen LogP contribution in [-0.4, -0.2) is 18.0 Å². The second-order valence-electron chi connectivity index (χ2n) is 4.08. The molecule has 2 aromatic rings. The molecule has 0 bridgehead atoms. The van der Waals surface area contributed by atoms with Gasteiger partial charge in [-0.2, -0.15) is 0 Å². The Bertz CT molecular complexity index is 728. The maximum absolute atomic E-state index is 13.6. The molecule has 0 aliphatic heterocycles. The van der Waals surface area contributed by atoms with E-state index in [0.29, 0.717) is 0 Å². The lowest BCUT2D eigenvalue weighted by molar-refractivity contribution is -0.384. The van der Waals surface area contributed by atoms with Crippen molar-refractivity contribution in [1.82, 2.24) is 0 Å². The summed E-state index contributed by atoms with van der Waals surface area (Å²) in [5.74, 6) is -3.87. The molecule has 0 saturated heterocycles. The number of ether oxygens (including phenoxy) is 2. The minimum Gasteiger partial charge on any atom is -0.465 e. The van der Waals surface area contributed by atoms with E-state index >= 15 is 0 Å². The van der Waals surface area contributed by atoms with Gasteiger partial charge in [0.25, 0.3) is 5.69 Å². The van der Waals surface area contributed by atoms with Crippen LogP contribution in [0.15, 0.2) is 36.4 Å². The molecule has 0 N–H and O–H groups in total. The van der Waals surface area contributed by atoms with Crippen LogP contribution in [0.2, 0.25) is 0 Å². The van der Waals surface area contributed by atoms with Gasteiger partial charge in [0.1, 0.15) is 11.3 Å². The minimum absolute atomic E-state index is 0.263.